The molecule has 1 aliphatic heterocycles. The van der Waals surface area contributed by atoms with Gasteiger partial charge in [0.1, 0.15) is 5.57 Å². The van der Waals surface area contributed by atoms with Crippen molar-refractivity contribution in [2.24, 2.45) is 0 Å². The fourth-order valence-electron chi connectivity index (χ4n) is 4.67. The number of fused-ring (bicyclic) bond motifs is 1. The van der Waals surface area contributed by atoms with Crippen molar-refractivity contribution in [1.29, 1.82) is 0 Å². The maximum Gasteiger partial charge on any atom is 0.343 e. The molecular weight excluding hydrogens is 619 g/mol. The number of methoxy groups -OCH3 is 1. The molecule has 1 heterocycles. The van der Waals surface area contributed by atoms with Crippen molar-refractivity contribution in [2.45, 2.75) is 20.3 Å². The minimum atomic E-state index is -0.732. The number of carbonyl (C=O) groups excluding carboxylic acids is 3. The van der Waals surface area contributed by atoms with Crippen LogP contribution >= 0.6 is 22.6 Å². The van der Waals surface area contributed by atoms with Crippen LogP contribution < -0.4 is 19.3 Å². The van der Waals surface area contributed by atoms with Crippen LogP contribution in [0.1, 0.15) is 24.5 Å². The molecular formula is C32H27IN2O5. The van der Waals surface area contributed by atoms with Crippen molar-refractivity contribution < 1.29 is 23.9 Å². The maximum atomic E-state index is 14.0. The third kappa shape index (κ3) is 5.06. The van der Waals surface area contributed by atoms with Crippen LogP contribution in [0.3, 0.4) is 0 Å². The van der Waals surface area contributed by atoms with Crippen LogP contribution in [0.4, 0.5) is 16.2 Å². The Morgan fingerprint density at radius 2 is 1.60 bits per heavy atom. The number of aryl methyl sites for hydroxylation is 1. The summed E-state index contributed by atoms with van der Waals surface area (Å²) in [4.78, 5) is 44.0. The second-order valence-corrected chi connectivity index (χ2v) is 10.5. The van der Waals surface area contributed by atoms with Gasteiger partial charge in [-0.25, -0.2) is 14.6 Å². The zero-order valence-corrected chi connectivity index (χ0v) is 24.5. The summed E-state index contributed by atoms with van der Waals surface area (Å²) in [6.07, 6.45) is 2.34. The van der Waals surface area contributed by atoms with Gasteiger partial charge >= 0.3 is 6.03 Å². The van der Waals surface area contributed by atoms with Crippen LogP contribution in [-0.2, 0) is 9.59 Å². The number of anilines is 2. The van der Waals surface area contributed by atoms with E-state index in [9.17, 15) is 14.4 Å². The molecule has 4 aromatic carbocycles. The molecule has 0 unspecified atom stereocenters. The molecule has 1 fully saturated rings. The first kappa shape index (κ1) is 27.4. The average Bonchev–Trinajstić information content (AvgIpc) is 2.94. The summed E-state index contributed by atoms with van der Waals surface area (Å²) in [6, 6.07) is 22.8. The Labute approximate surface area is 246 Å². The van der Waals surface area contributed by atoms with E-state index in [0.717, 1.165) is 36.1 Å². The first-order valence-corrected chi connectivity index (χ1v) is 13.9. The molecule has 0 radical (unpaired) electrons. The Morgan fingerprint density at radius 3 is 2.35 bits per heavy atom. The molecule has 0 atom stereocenters. The fraction of sp³-hybridized carbons (Fsp3) is 0.156. The SMILES string of the molecule is CCCOc1c(I)cc(/C=C2\C(=O)N(c3cccc(C)c3)C(=O)N(c3cccc4ccccc34)C2=O)cc1OC. The summed E-state index contributed by atoms with van der Waals surface area (Å²) in [5, 5.41) is 1.59. The van der Waals surface area contributed by atoms with E-state index in [1.807, 2.05) is 56.3 Å². The van der Waals surface area contributed by atoms with E-state index in [0.29, 0.717) is 35.0 Å². The zero-order valence-electron chi connectivity index (χ0n) is 22.3. The number of ether oxygens (including phenoxy) is 2. The van der Waals surface area contributed by atoms with Gasteiger partial charge in [0.15, 0.2) is 11.5 Å². The molecule has 0 bridgehead atoms. The van der Waals surface area contributed by atoms with E-state index in [1.54, 1.807) is 43.5 Å². The van der Waals surface area contributed by atoms with Gasteiger partial charge in [0.05, 0.1) is 28.7 Å². The van der Waals surface area contributed by atoms with Crippen LogP contribution in [0.15, 0.2) is 84.4 Å². The van der Waals surface area contributed by atoms with Gasteiger partial charge in [-0.1, -0.05) is 55.5 Å². The van der Waals surface area contributed by atoms with E-state index in [-0.39, 0.29) is 5.57 Å². The first-order valence-electron chi connectivity index (χ1n) is 12.8. The molecule has 0 N–H and O–H groups in total. The van der Waals surface area contributed by atoms with Gasteiger partial charge < -0.3 is 9.47 Å². The van der Waals surface area contributed by atoms with Crippen molar-refractivity contribution >= 4 is 68.7 Å². The number of rotatable bonds is 7. The summed E-state index contributed by atoms with van der Waals surface area (Å²) in [5.41, 5.74) is 2.08. The highest BCUT2D eigenvalue weighted by Gasteiger charge is 2.44. The number of hydrogen-bond acceptors (Lipinski definition) is 5. The lowest BCUT2D eigenvalue weighted by atomic mass is 10.0. The molecule has 4 aromatic rings. The average molecular weight is 646 g/mol. The lowest BCUT2D eigenvalue weighted by molar-refractivity contribution is -0.121. The number of urea groups is 1. The molecule has 0 aliphatic carbocycles. The second-order valence-electron chi connectivity index (χ2n) is 9.34. The molecule has 4 amide bonds. The summed E-state index contributed by atoms with van der Waals surface area (Å²) in [7, 11) is 1.54. The number of nitrogens with zero attached hydrogens (tertiary/aromatic N) is 2. The number of amides is 4. The first-order chi connectivity index (χ1) is 19.3. The van der Waals surface area contributed by atoms with E-state index >= 15 is 0 Å². The highest BCUT2D eigenvalue weighted by atomic mass is 127. The topological polar surface area (TPSA) is 76.2 Å². The Morgan fingerprint density at radius 1 is 0.875 bits per heavy atom. The standard InChI is InChI=1S/C32H27IN2O5/c1-4-15-40-29-26(33)18-21(19-28(29)39-3)17-25-30(36)34(23-12-7-9-20(2)16-23)32(38)35(31(25)37)27-14-8-11-22-10-5-6-13-24(22)27/h5-14,16-19H,4,15H2,1-3H3/b25-17+. The van der Waals surface area contributed by atoms with Crippen molar-refractivity contribution in [3.05, 3.63) is 99.1 Å². The quantitative estimate of drug-likeness (QED) is 0.121. The van der Waals surface area contributed by atoms with E-state index in [2.05, 4.69) is 22.6 Å². The number of hydrogen-bond donors (Lipinski definition) is 0. The molecule has 7 nitrogen and oxygen atoms in total. The van der Waals surface area contributed by atoms with Crippen LogP contribution in [0.25, 0.3) is 16.8 Å². The number of imide groups is 2. The minimum Gasteiger partial charge on any atom is -0.493 e. The predicted molar refractivity (Wildman–Crippen MR) is 165 cm³/mol. The zero-order chi connectivity index (χ0) is 28.4. The smallest absolute Gasteiger partial charge is 0.343 e. The van der Waals surface area contributed by atoms with Gasteiger partial charge in [-0.15, -0.1) is 0 Å². The lowest BCUT2D eigenvalue weighted by Gasteiger charge is -2.34. The minimum absolute atomic E-state index is 0.144. The van der Waals surface area contributed by atoms with Gasteiger partial charge in [0.25, 0.3) is 11.8 Å². The highest BCUT2D eigenvalue weighted by Crippen LogP contribution is 2.37. The van der Waals surface area contributed by atoms with Gasteiger partial charge in [-0.05, 0) is 88.9 Å². The van der Waals surface area contributed by atoms with E-state index < -0.39 is 17.8 Å². The maximum absolute atomic E-state index is 14.0. The van der Waals surface area contributed by atoms with Crippen LogP contribution in [-0.4, -0.2) is 31.6 Å². The van der Waals surface area contributed by atoms with Gasteiger partial charge in [0, 0.05) is 5.39 Å². The number of benzene rings is 4. The van der Waals surface area contributed by atoms with Crippen LogP contribution in [0, 0.1) is 10.5 Å². The summed E-state index contributed by atoms with van der Waals surface area (Å²) >= 11 is 2.14. The molecule has 5 rings (SSSR count). The molecule has 0 aromatic heterocycles. The number of barbiturate groups is 1. The van der Waals surface area contributed by atoms with Crippen molar-refractivity contribution in [1.82, 2.24) is 0 Å². The molecule has 202 valence electrons. The van der Waals surface area contributed by atoms with Crippen molar-refractivity contribution in [3.63, 3.8) is 0 Å². The van der Waals surface area contributed by atoms with Gasteiger partial charge in [-0.2, -0.15) is 0 Å². The monoisotopic (exact) mass is 646 g/mol. The predicted octanol–water partition coefficient (Wildman–Crippen LogP) is 7.13. The summed E-state index contributed by atoms with van der Waals surface area (Å²) in [6.45, 7) is 4.42. The fourth-order valence-corrected chi connectivity index (χ4v) is 5.46. The summed E-state index contributed by atoms with van der Waals surface area (Å²) in [5.74, 6) is -0.310. The normalized spacial score (nSPS) is 14.8. The Hall–Kier alpha value is -4.18. The third-order valence-corrected chi connectivity index (χ3v) is 7.33. The highest BCUT2D eigenvalue weighted by molar-refractivity contribution is 14.1. The summed E-state index contributed by atoms with van der Waals surface area (Å²) < 4.78 is 12.2. The third-order valence-electron chi connectivity index (χ3n) is 6.53. The molecule has 40 heavy (non-hydrogen) atoms. The molecule has 0 saturated carbocycles. The Bertz CT molecular complexity index is 1670. The van der Waals surface area contributed by atoms with Crippen LogP contribution in [0.5, 0.6) is 11.5 Å². The van der Waals surface area contributed by atoms with Crippen molar-refractivity contribution in [2.75, 3.05) is 23.5 Å². The van der Waals surface area contributed by atoms with E-state index in [4.69, 9.17) is 9.47 Å². The molecule has 1 saturated heterocycles. The Balaban J connectivity index is 1.69. The van der Waals surface area contributed by atoms with Gasteiger partial charge in [-0.3, -0.25) is 9.59 Å². The van der Waals surface area contributed by atoms with E-state index in [1.165, 1.54) is 6.08 Å². The largest absolute Gasteiger partial charge is 0.493 e. The molecule has 0 spiro atoms. The lowest BCUT2D eigenvalue weighted by Crippen LogP contribution is -2.57. The molecule has 1 aliphatic rings. The number of halogens is 1. The Kier molecular flexibility index (Phi) is 7.88. The second kappa shape index (κ2) is 11.5. The van der Waals surface area contributed by atoms with Gasteiger partial charge in [0.2, 0.25) is 0 Å². The molecule has 8 heteroatoms. The number of carbonyl (C=O) groups is 3. The van der Waals surface area contributed by atoms with Crippen LogP contribution in [0.2, 0.25) is 0 Å². The van der Waals surface area contributed by atoms with Crippen molar-refractivity contribution in [3.8, 4) is 11.5 Å².